The molecule has 1 aromatic rings. The zero-order valence-corrected chi connectivity index (χ0v) is 11.4. The maximum Gasteiger partial charge on any atom is 0.0964 e. The minimum atomic E-state index is 0.833. The Balaban J connectivity index is 1.93. The van der Waals surface area contributed by atoms with Crippen molar-refractivity contribution in [3.63, 3.8) is 0 Å². The van der Waals surface area contributed by atoms with Gasteiger partial charge >= 0.3 is 0 Å². The van der Waals surface area contributed by atoms with Crippen molar-refractivity contribution in [2.24, 2.45) is 7.05 Å². The zero-order chi connectivity index (χ0) is 10.9. The van der Waals surface area contributed by atoms with Crippen LogP contribution in [-0.2, 0) is 13.6 Å². The number of alkyl halides is 1. The van der Waals surface area contributed by atoms with Gasteiger partial charge in [0.1, 0.15) is 0 Å². The molecule has 0 spiro atoms. The van der Waals surface area contributed by atoms with Crippen molar-refractivity contribution in [2.45, 2.75) is 32.2 Å². The first-order chi connectivity index (χ1) is 7.33. The third-order valence-electron chi connectivity index (χ3n) is 2.19. The summed E-state index contributed by atoms with van der Waals surface area (Å²) in [6, 6.07) is 0. The number of halogens is 1. The van der Waals surface area contributed by atoms with Crippen molar-refractivity contribution >= 4 is 22.6 Å². The average Bonchev–Trinajstić information content (AvgIpc) is 2.63. The number of aromatic nitrogens is 3. The molecule has 15 heavy (non-hydrogen) atoms. The molecule has 0 radical (unpaired) electrons. The van der Waals surface area contributed by atoms with Crippen LogP contribution in [0.1, 0.15) is 31.4 Å². The van der Waals surface area contributed by atoms with Crippen LogP contribution < -0.4 is 5.32 Å². The molecule has 0 unspecified atom stereocenters. The van der Waals surface area contributed by atoms with Gasteiger partial charge < -0.3 is 5.32 Å². The lowest BCUT2D eigenvalue weighted by Gasteiger charge is -2.01. The molecule has 86 valence electrons. The summed E-state index contributed by atoms with van der Waals surface area (Å²) in [5, 5.41) is 11.3. The van der Waals surface area contributed by atoms with Crippen LogP contribution in [-0.4, -0.2) is 26.0 Å². The molecule has 0 aliphatic heterocycles. The SMILES string of the molecule is Cn1cc(CNCCCCCCI)nn1. The fraction of sp³-hybridized carbons (Fsp3) is 0.800. The van der Waals surface area contributed by atoms with E-state index in [1.54, 1.807) is 4.68 Å². The standard InChI is InChI=1S/C10H19IN4/c1-15-9-10(13-14-15)8-12-7-5-3-2-4-6-11/h9,12H,2-8H2,1H3. The highest BCUT2D eigenvalue weighted by Crippen LogP contribution is 2.01. The molecule has 0 atom stereocenters. The summed E-state index contributed by atoms with van der Waals surface area (Å²) in [5.74, 6) is 0. The van der Waals surface area contributed by atoms with Crippen LogP contribution in [0, 0.1) is 0 Å². The van der Waals surface area contributed by atoms with Gasteiger partial charge in [0.2, 0.25) is 0 Å². The topological polar surface area (TPSA) is 42.7 Å². The normalized spacial score (nSPS) is 10.8. The van der Waals surface area contributed by atoms with E-state index in [1.165, 1.54) is 30.1 Å². The number of hydrogen-bond acceptors (Lipinski definition) is 3. The lowest BCUT2D eigenvalue weighted by molar-refractivity contribution is 0.595. The van der Waals surface area contributed by atoms with Gasteiger partial charge in [0.05, 0.1) is 5.69 Å². The molecule has 0 bridgehead atoms. The number of unbranched alkanes of at least 4 members (excludes halogenated alkanes) is 3. The number of aryl methyl sites for hydroxylation is 1. The summed E-state index contributed by atoms with van der Waals surface area (Å²) in [5.41, 5.74) is 1.02. The molecule has 0 aliphatic carbocycles. The lowest BCUT2D eigenvalue weighted by atomic mass is 10.2. The van der Waals surface area contributed by atoms with Crippen molar-refractivity contribution in [3.8, 4) is 0 Å². The molecule has 1 heterocycles. The first-order valence-electron chi connectivity index (χ1n) is 5.45. The lowest BCUT2D eigenvalue weighted by Crippen LogP contribution is -2.14. The van der Waals surface area contributed by atoms with E-state index in [-0.39, 0.29) is 0 Å². The van der Waals surface area contributed by atoms with E-state index in [0.717, 1.165) is 18.8 Å². The van der Waals surface area contributed by atoms with Crippen LogP contribution in [0.25, 0.3) is 0 Å². The van der Waals surface area contributed by atoms with Crippen molar-refractivity contribution in [2.75, 3.05) is 11.0 Å². The summed E-state index contributed by atoms with van der Waals surface area (Å²) >= 11 is 2.43. The Morgan fingerprint density at radius 1 is 1.33 bits per heavy atom. The average molecular weight is 322 g/mol. The van der Waals surface area contributed by atoms with Gasteiger partial charge in [-0.3, -0.25) is 4.68 Å². The molecular weight excluding hydrogens is 303 g/mol. The Bertz CT molecular complexity index is 262. The van der Waals surface area contributed by atoms with E-state index in [2.05, 4.69) is 38.2 Å². The van der Waals surface area contributed by atoms with Crippen LogP contribution >= 0.6 is 22.6 Å². The molecule has 1 N–H and O–H groups in total. The third kappa shape index (κ3) is 6.09. The van der Waals surface area contributed by atoms with Crippen LogP contribution in [0.5, 0.6) is 0 Å². The predicted octanol–water partition coefficient (Wildman–Crippen LogP) is 1.90. The van der Waals surface area contributed by atoms with Crippen LogP contribution in [0.3, 0.4) is 0 Å². The minimum Gasteiger partial charge on any atom is -0.311 e. The molecule has 4 nitrogen and oxygen atoms in total. The molecule has 0 fully saturated rings. The minimum absolute atomic E-state index is 0.833. The summed E-state index contributed by atoms with van der Waals surface area (Å²) in [6.07, 6.45) is 7.25. The first kappa shape index (κ1) is 12.9. The van der Waals surface area contributed by atoms with Crippen LogP contribution in [0.2, 0.25) is 0 Å². The first-order valence-corrected chi connectivity index (χ1v) is 6.97. The monoisotopic (exact) mass is 322 g/mol. The largest absolute Gasteiger partial charge is 0.311 e. The zero-order valence-electron chi connectivity index (χ0n) is 9.25. The maximum absolute atomic E-state index is 4.01. The Morgan fingerprint density at radius 3 is 2.80 bits per heavy atom. The highest BCUT2D eigenvalue weighted by molar-refractivity contribution is 14.1. The summed E-state index contributed by atoms with van der Waals surface area (Å²) < 4.78 is 3.02. The second-order valence-corrected chi connectivity index (χ2v) is 4.74. The van der Waals surface area contributed by atoms with Crippen LogP contribution in [0.4, 0.5) is 0 Å². The predicted molar refractivity (Wildman–Crippen MR) is 70.1 cm³/mol. The molecule has 1 rings (SSSR count). The Morgan fingerprint density at radius 2 is 2.13 bits per heavy atom. The molecule has 0 saturated carbocycles. The molecule has 0 aromatic carbocycles. The van der Waals surface area contributed by atoms with Crippen molar-refractivity contribution in [3.05, 3.63) is 11.9 Å². The van der Waals surface area contributed by atoms with Crippen molar-refractivity contribution < 1.29 is 0 Å². The van der Waals surface area contributed by atoms with Crippen molar-refractivity contribution in [1.29, 1.82) is 0 Å². The van der Waals surface area contributed by atoms with Crippen molar-refractivity contribution in [1.82, 2.24) is 20.3 Å². The molecule has 0 aliphatic rings. The second-order valence-electron chi connectivity index (χ2n) is 3.66. The molecule has 0 saturated heterocycles. The fourth-order valence-electron chi connectivity index (χ4n) is 1.39. The van der Waals surface area contributed by atoms with Gasteiger partial charge in [-0.25, -0.2) is 0 Å². The summed E-state index contributed by atoms with van der Waals surface area (Å²) in [7, 11) is 1.89. The Kier molecular flexibility index (Phi) is 6.91. The van der Waals surface area contributed by atoms with E-state index in [4.69, 9.17) is 0 Å². The summed E-state index contributed by atoms with van der Waals surface area (Å²) in [4.78, 5) is 0. The third-order valence-corrected chi connectivity index (χ3v) is 2.96. The molecule has 0 amide bonds. The number of hydrogen-bond donors (Lipinski definition) is 1. The quantitative estimate of drug-likeness (QED) is 0.452. The van der Waals surface area contributed by atoms with E-state index in [9.17, 15) is 0 Å². The fourth-order valence-corrected chi connectivity index (χ4v) is 1.93. The highest BCUT2D eigenvalue weighted by Gasteiger charge is 1.96. The summed E-state index contributed by atoms with van der Waals surface area (Å²) in [6.45, 7) is 1.91. The van der Waals surface area contributed by atoms with E-state index in [0.29, 0.717) is 0 Å². The Labute approximate surface area is 105 Å². The van der Waals surface area contributed by atoms with Gasteiger partial charge in [0.15, 0.2) is 0 Å². The molecule has 5 heteroatoms. The number of rotatable bonds is 8. The Hall–Kier alpha value is -0.170. The number of nitrogens with one attached hydrogen (secondary N) is 1. The van der Waals surface area contributed by atoms with Gasteiger partial charge in [-0.2, -0.15) is 0 Å². The smallest absolute Gasteiger partial charge is 0.0964 e. The van der Waals surface area contributed by atoms with Gasteiger partial charge in [0, 0.05) is 19.8 Å². The molecular formula is C10H19IN4. The van der Waals surface area contributed by atoms with Gasteiger partial charge in [-0.1, -0.05) is 40.6 Å². The highest BCUT2D eigenvalue weighted by atomic mass is 127. The van der Waals surface area contributed by atoms with E-state index in [1.807, 2.05) is 13.2 Å². The molecule has 1 aromatic heterocycles. The van der Waals surface area contributed by atoms with E-state index < -0.39 is 0 Å². The van der Waals surface area contributed by atoms with E-state index >= 15 is 0 Å². The van der Waals surface area contributed by atoms with Crippen LogP contribution in [0.15, 0.2) is 6.20 Å². The van der Waals surface area contributed by atoms with Gasteiger partial charge in [0.25, 0.3) is 0 Å². The van der Waals surface area contributed by atoms with Gasteiger partial charge in [-0.15, -0.1) is 5.10 Å². The number of nitrogens with zero attached hydrogens (tertiary/aromatic N) is 3. The maximum atomic E-state index is 4.01. The van der Waals surface area contributed by atoms with Gasteiger partial charge in [-0.05, 0) is 23.8 Å². The second kappa shape index (κ2) is 8.04.